The molecule has 1 saturated carbocycles. The van der Waals surface area contributed by atoms with Gasteiger partial charge in [0.1, 0.15) is 6.04 Å². The minimum Gasteiger partial charge on any atom is -0.379 e. The smallest absolute Gasteiger partial charge is 0.245 e. The van der Waals surface area contributed by atoms with E-state index in [4.69, 9.17) is 4.74 Å². The van der Waals surface area contributed by atoms with E-state index in [1.54, 1.807) is 0 Å². The van der Waals surface area contributed by atoms with Gasteiger partial charge in [0, 0.05) is 31.6 Å². The van der Waals surface area contributed by atoms with Crippen LogP contribution in [-0.4, -0.2) is 73.1 Å². The summed E-state index contributed by atoms with van der Waals surface area (Å²) in [4.78, 5) is 32.2. The quantitative estimate of drug-likeness (QED) is 0.535. The number of allylic oxidation sites excluding steroid dienone is 1. The molecule has 208 valence electrons. The van der Waals surface area contributed by atoms with Gasteiger partial charge in [0.2, 0.25) is 11.8 Å². The number of nitrogens with one attached hydrogen (secondary N) is 1. The number of morpholine rings is 1. The van der Waals surface area contributed by atoms with Crippen molar-refractivity contribution in [2.24, 2.45) is 11.8 Å². The van der Waals surface area contributed by atoms with E-state index >= 15 is 0 Å². The van der Waals surface area contributed by atoms with E-state index in [1.807, 2.05) is 4.90 Å². The zero-order valence-corrected chi connectivity index (χ0v) is 23.5. The summed E-state index contributed by atoms with van der Waals surface area (Å²) in [5, 5.41) is 3.30. The number of carbonyl (C=O) groups is 2. The highest BCUT2D eigenvalue weighted by Crippen LogP contribution is 2.43. The number of ether oxygens (including phenoxy) is 1. The lowest BCUT2D eigenvalue weighted by molar-refractivity contribution is -0.141. The molecule has 1 spiro atoms. The Morgan fingerprint density at radius 1 is 1.05 bits per heavy atom. The van der Waals surface area contributed by atoms with Crippen molar-refractivity contribution in [1.82, 2.24) is 15.1 Å². The first-order chi connectivity index (χ1) is 18.5. The summed E-state index contributed by atoms with van der Waals surface area (Å²) in [5.41, 5.74) is 2.75. The summed E-state index contributed by atoms with van der Waals surface area (Å²) in [6.07, 6.45) is 14.5. The Morgan fingerprint density at radius 2 is 1.76 bits per heavy atom. The molecule has 6 nitrogen and oxygen atoms in total. The Bertz CT molecular complexity index is 987. The maximum absolute atomic E-state index is 13.9. The lowest BCUT2D eigenvalue weighted by Crippen LogP contribution is -2.59. The van der Waals surface area contributed by atoms with Crippen LogP contribution in [0.1, 0.15) is 82.8 Å². The third-order valence-electron chi connectivity index (χ3n) is 9.89. The van der Waals surface area contributed by atoms with Crippen molar-refractivity contribution < 1.29 is 14.3 Å². The molecule has 1 N–H and O–H groups in total. The highest BCUT2D eigenvalue weighted by Gasteiger charge is 2.41. The molecule has 0 bridgehead atoms. The minimum atomic E-state index is -0.470. The van der Waals surface area contributed by atoms with Crippen molar-refractivity contribution in [2.75, 3.05) is 39.4 Å². The van der Waals surface area contributed by atoms with Gasteiger partial charge in [-0.2, -0.15) is 0 Å². The van der Waals surface area contributed by atoms with Crippen molar-refractivity contribution in [3.8, 4) is 0 Å². The van der Waals surface area contributed by atoms with E-state index < -0.39 is 6.04 Å². The van der Waals surface area contributed by atoms with E-state index in [1.165, 1.54) is 43.2 Å². The van der Waals surface area contributed by atoms with Crippen LogP contribution in [0.25, 0.3) is 6.08 Å². The van der Waals surface area contributed by atoms with Gasteiger partial charge in [0.15, 0.2) is 0 Å². The molecule has 2 heterocycles. The lowest BCUT2D eigenvalue weighted by atomic mass is 9.74. The van der Waals surface area contributed by atoms with Crippen LogP contribution in [0.2, 0.25) is 0 Å². The first-order valence-electron chi connectivity index (χ1n) is 15.2. The highest BCUT2D eigenvalue weighted by atomic mass is 16.5. The monoisotopic (exact) mass is 521 g/mol. The van der Waals surface area contributed by atoms with Crippen LogP contribution in [0.5, 0.6) is 0 Å². The Labute approximate surface area is 229 Å². The summed E-state index contributed by atoms with van der Waals surface area (Å²) in [6.45, 7) is 8.61. The van der Waals surface area contributed by atoms with Gasteiger partial charge >= 0.3 is 0 Å². The fraction of sp³-hybridized carbons (Fsp3) is 0.688. The van der Waals surface area contributed by atoms with Crippen molar-refractivity contribution in [1.29, 1.82) is 0 Å². The summed E-state index contributed by atoms with van der Waals surface area (Å²) < 4.78 is 5.60. The number of benzene rings is 1. The zero-order chi connectivity index (χ0) is 26.5. The Kier molecular flexibility index (Phi) is 8.89. The molecule has 1 aromatic rings. The molecule has 2 amide bonds. The number of likely N-dealkylation sites (tertiary alicyclic amines) is 1. The predicted molar refractivity (Wildman–Crippen MR) is 152 cm³/mol. The SMILES string of the molecule is CC[C@H](C)[C@H](NC(=O)[C@H](CC1CCCCC1)N1CCOCC1)C(=O)N1CCC2(C=Cc3ccccc32)CC1. The lowest BCUT2D eigenvalue weighted by Gasteiger charge is -2.41. The topological polar surface area (TPSA) is 61.9 Å². The van der Waals surface area contributed by atoms with Crippen molar-refractivity contribution >= 4 is 17.9 Å². The molecule has 0 aromatic heterocycles. The second-order valence-electron chi connectivity index (χ2n) is 12.2. The third-order valence-corrected chi connectivity index (χ3v) is 9.89. The Morgan fingerprint density at radius 3 is 2.47 bits per heavy atom. The maximum Gasteiger partial charge on any atom is 0.245 e. The second kappa shape index (κ2) is 12.3. The summed E-state index contributed by atoms with van der Waals surface area (Å²) >= 11 is 0. The zero-order valence-electron chi connectivity index (χ0n) is 23.5. The second-order valence-corrected chi connectivity index (χ2v) is 12.2. The van der Waals surface area contributed by atoms with Crippen LogP contribution in [0.3, 0.4) is 0 Å². The molecule has 6 heteroatoms. The predicted octanol–water partition coefficient (Wildman–Crippen LogP) is 4.78. The molecule has 38 heavy (non-hydrogen) atoms. The first-order valence-corrected chi connectivity index (χ1v) is 15.2. The van der Waals surface area contributed by atoms with Gasteiger partial charge in [-0.25, -0.2) is 0 Å². The van der Waals surface area contributed by atoms with Gasteiger partial charge < -0.3 is 15.0 Å². The first kappa shape index (κ1) is 27.4. The van der Waals surface area contributed by atoms with E-state index in [9.17, 15) is 9.59 Å². The number of rotatable bonds is 8. The number of piperidine rings is 1. The largest absolute Gasteiger partial charge is 0.379 e. The Balaban J connectivity index is 1.26. The summed E-state index contributed by atoms with van der Waals surface area (Å²) in [5.74, 6) is 0.823. The number of carbonyl (C=O) groups excluding carboxylic acids is 2. The van der Waals surface area contributed by atoms with Crippen LogP contribution in [0.4, 0.5) is 0 Å². The van der Waals surface area contributed by atoms with Crippen LogP contribution in [0.15, 0.2) is 30.3 Å². The van der Waals surface area contributed by atoms with Gasteiger partial charge in [-0.05, 0) is 42.2 Å². The number of nitrogens with zero attached hydrogens (tertiary/aromatic N) is 2. The molecule has 3 fully saturated rings. The number of hydrogen-bond donors (Lipinski definition) is 1. The number of fused-ring (bicyclic) bond motifs is 2. The van der Waals surface area contributed by atoms with E-state index in [-0.39, 0.29) is 29.2 Å². The molecule has 2 aliphatic carbocycles. The average molecular weight is 522 g/mol. The molecular weight excluding hydrogens is 474 g/mol. The van der Waals surface area contributed by atoms with E-state index in [2.05, 4.69) is 60.5 Å². The number of hydrogen-bond acceptors (Lipinski definition) is 4. The van der Waals surface area contributed by atoms with Crippen LogP contribution in [-0.2, 0) is 19.7 Å². The van der Waals surface area contributed by atoms with Gasteiger partial charge in [-0.1, -0.05) is 88.8 Å². The third kappa shape index (κ3) is 5.86. The van der Waals surface area contributed by atoms with Crippen LogP contribution in [0, 0.1) is 11.8 Å². The van der Waals surface area contributed by atoms with Crippen LogP contribution >= 0.6 is 0 Å². The maximum atomic E-state index is 13.9. The molecule has 2 saturated heterocycles. The Hall–Kier alpha value is -2.18. The standard InChI is InChI=1S/C32H47N3O3/c1-3-24(2)29(31(37)35-17-15-32(16-18-35)14-13-26-11-7-8-12-27(26)32)33-30(36)28(34-19-21-38-22-20-34)23-25-9-5-4-6-10-25/h7-8,11-14,24-25,28-29H,3-6,9-10,15-23H2,1-2H3,(H,33,36)/t24-,28-,29-/m0/s1. The van der Waals surface area contributed by atoms with E-state index in [0.29, 0.717) is 19.1 Å². The molecule has 5 rings (SSSR count). The molecule has 1 aromatic carbocycles. The number of amides is 2. The fourth-order valence-corrected chi connectivity index (χ4v) is 7.18. The minimum absolute atomic E-state index is 0.0391. The van der Waals surface area contributed by atoms with Gasteiger partial charge in [-0.15, -0.1) is 0 Å². The highest BCUT2D eigenvalue weighted by molar-refractivity contribution is 5.90. The van der Waals surface area contributed by atoms with Gasteiger partial charge in [-0.3, -0.25) is 14.5 Å². The van der Waals surface area contributed by atoms with Gasteiger partial charge in [0.05, 0.1) is 19.3 Å². The van der Waals surface area contributed by atoms with Gasteiger partial charge in [0.25, 0.3) is 0 Å². The van der Waals surface area contributed by atoms with Crippen LogP contribution < -0.4 is 5.32 Å². The average Bonchev–Trinajstić information content (AvgIpc) is 3.33. The molecule has 0 radical (unpaired) electrons. The molecule has 3 atom stereocenters. The summed E-state index contributed by atoms with van der Waals surface area (Å²) in [7, 11) is 0. The van der Waals surface area contributed by atoms with Crippen molar-refractivity contribution in [3.05, 3.63) is 41.5 Å². The molecular formula is C32H47N3O3. The van der Waals surface area contributed by atoms with E-state index in [0.717, 1.165) is 51.9 Å². The molecule has 2 aliphatic heterocycles. The fourth-order valence-electron chi connectivity index (χ4n) is 7.18. The molecule has 0 unspecified atom stereocenters. The molecule has 4 aliphatic rings. The van der Waals surface area contributed by atoms with Crippen molar-refractivity contribution in [3.63, 3.8) is 0 Å². The summed E-state index contributed by atoms with van der Waals surface area (Å²) in [6, 6.07) is 8.00. The normalized spacial score (nSPS) is 24.1. The van der Waals surface area contributed by atoms with Crippen molar-refractivity contribution in [2.45, 2.75) is 89.1 Å².